The van der Waals surface area contributed by atoms with Crippen molar-refractivity contribution >= 4 is 33.9 Å². The number of ketones is 1. The lowest BCUT2D eigenvalue weighted by Gasteiger charge is -2.05. The number of rotatable bonds is 6. The number of aromatic nitrogens is 1. The average Bonchev–Trinajstić information content (AvgIpc) is 2.86. The molecule has 2 aromatic rings. The van der Waals surface area contributed by atoms with Crippen LogP contribution in [0, 0.1) is 0 Å². The predicted molar refractivity (Wildman–Crippen MR) is 80.0 cm³/mol. The number of carboxylic acids is 1. The van der Waals surface area contributed by atoms with Gasteiger partial charge in [-0.1, -0.05) is 11.3 Å². The number of hydrogen-bond donors (Lipinski definition) is 2. The smallest absolute Gasteiger partial charge is 0.356 e. The molecule has 1 aromatic heterocycles. The van der Waals surface area contributed by atoms with Crippen LogP contribution in [0.5, 0.6) is 5.75 Å². The molecule has 0 aliphatic rings. The molecule has 0 bridgehead atoms. The Kier molecular flexibility index (Phi) is 4.54. The van der Waals surface area contributed by atoms with Crippen LogP contribution in [0.3, 0.4) is 0 Å². The maximum absolute atomic E-state index is 11.4. The predicted octanol–water partition coefficient (Wildman–Crippen LogP) is 3.19. The van der Waals surface area contributed by atoms with Crippen molar-refractivity contribution in [3.63, 3.8) is 0 Å². The van der Waals surface area contributed by atoms with Crippen LogP contribution >= 0.6 is 11.3 Å². The molecule has 0 atom stereocenters. The van der Waals surface area contributed by atoms with Crippen molar-refractivity contribution in [3.05, 3.63) is 34.8 Å². The summed E-state index contributed by atoms with van der Waals surface area (Å²) >= 11 is 1.02. The molecule has 1 aromatic carbocycles. The first-order valence-corrected chi connectivity index (χ1v) is 7.08. The number of anilines is 2. The molecule has 0 aliphatic heterocycles. The van der Waals surface area contributed by atoms with Crippen LogP contribution in [0.2, 0.25) is 0 Å². The average molecular weight is 306 g/mol. The topological polar surface area (TPSA) is 88.5 Å². The highest BCUT2D eigenvalue weighted by Gasteiger charge is 2.20. The van der Waals surface area contributed by atoms with E-state index in [1.807, 2.05) is 6.92 Å². The summed E-state index contributed by atoms with van der Waals surface area (Å²) in [5.74, 6) is -0.779. The van der Waals surface area contributed by atoms with Crippen LogP contribution in [-0.4, -0.2) is 28.4 Å². The van der Waals surface area contributed by atoms with E-state index in [-0.39, 0.29) is 16.4 Å². The molecule has 1 heterocycles. The number of carbonyl (C=O) groups excluding carboxylic acids is 1. The Morgan fingerprint density at radius 2 is 2.00 bits per heavy atom. The summed E-state index contributed by atoms with van der Waals surface area (Å²) in [6.45, 7) is 3.81. The van der Waals surface area contributed by atoms with E-state index in [4.69, 9.17) is 9.84 Å². The summed E-state index contributed by atoms with van der Waals surface area (Å²) in [6, 6.07) is 7.17. The summed E-state index contributed by atoms with van der Waals surface area (Å²) in [7, 11) is 0. The van der Waals surface area contributed by atoms with E-state index < -0.39 is 5.97 Å². The third kappa shape index (κ3) is 3.57. The maximum Gasteiger partial charge on any atom is 0.356 e. The summed E-state index contributed by atoms with van der Waals surface area (Å²) in [5.41, 5.74) is 0.514. The Hall–Kier alpha value is -2.41. The van der Waals surface area contributed by atoms with E-state index in [1.54, 1.807) is 24.3 Å². The Bertz CT molecular complexity index is 633. The summed E-state index contributed by atoms with van der Waals surface area (Å²) in [5, 5.41) is 12.4. The molecule has 0 saturated heterocycles. The SMILES string of the molecule is CCOc1ccc(Nc2nc(C(=O)O)c(C(C)=O)s2)cc1. The number of Topliss-reactive ketones (excluding diaryl/α,β-unsaturated/α-hetero) is 1. The van der Waals surface area contributed by atoms with E-state index >= 15 is 0 Å². The fraction of sp³-hybridized carbons (Fsp3) is 0.214. The van der Waals surface area contributed by atoms with Crippen LogP contribution in [-0.2, 0) is 0 Å². The fourth-order valence-electron chi connectivity index (χ4n) is 1.68. The number of nitrogens with one attached hydrogen (secondary N) is 1. The number of benzene rings is 1. The van der Waals surface area contributed by atoms with E-state index in [1.165, 1.54) is 6.92 Å². The molecule has 0 saturated carbocycles. The van der Waals surface area contributed by atoms with Gasteiger partial charge < -0.3 is 15.2 Å². The second kappa shape index (κ2) is 6.36. The summed E-state index contributed by atoms with van der Waals surface area (Å²) < 4.78 is 5.33. The lowest BCUT2D eigenvalue weighted by Crippen LogP contribution is -2.03. The van der Waals surface area contributed by atoms with Crippen molar-refractivity contribution < 1.29 is 19.4 Å². The third-order valence-corrected chi connectivity index (χ3v) is 3.64. The van der Waals surface area contributed by atoms with Crippen molar-refractivity contribution in [3.8, 4) is 5.75 Å². The molecule has 2 N–H and O–H groups in total. The van der Waals surface area contributed by atoms with Crippen molar-refractivity contribution in [2.75, 3.05) is 11.9 Å². The molecule has 0 spiro atoms. The van der Waals surface area contributed by atoms with Crippen LogP contribution < -0.4 is 10.1 Å². The van der Waals surface area contributed by atoms with Gasteiger partial charge >= 0.3 is 5.97 Å². The number of hydrogen-bond acceptors (Lipinski definition) is 6. The molecule has 0 unspecified atom stereocenters. The largest absolute Gasteiger partial charge is 0.494 e. The molecule has 21 heavy (non-hydrogen) atoms. The van der Waals surface area contributed by atoms with Crippen LogP contribution in [0.15, 0.2) is 24.3 Å². The number of thiazole rings is 1. The van der Waals surface area contributed by atoms with E-state index in [2.05, 4.69) is 10.3 Å². The van der Waals surface area contributed by atoms with E-state index in [9.17, 15) is 9.59 Å². The second-order valence-corrected chi connectivity index (χ2v) is 5.14. The second-order valence-electron chi connectivity index (χ2n) is 4.14. The van der Waals surface area contributed by atoms with Gasteiger partial charge in [-0.15, -0.1) is 0 Å². The standard InChI is InChI=1S/C14H14N2O4S/c1-3-20-10-6-4-9(5-7-10)15-14-16-11(13(18)19)12(21-14)8(2)17/h4-7H,3H2,1-2H3,(H,15,16)(H,18,19). The van der Waals surface area contributed by atoms with Crippen molar-refractivity contribution in [1.29, 1.82) is 0 Å². The quantitative estimate of drug-likeness (QED) is 0.797. The Balaban J connectivity index is 2.21. The van der Waals surface area contributed by atoms with Gasteiger partial charge in [-0.3, -0.25) is 4.79 Å². The van der Waals surface area contributed by atoms with Gasteiger partial charge in [0.1, 0.15) is 10.6 Å². The highest BCUT2D eigenvalue weighted by molar-refractivity contribution is 7.17. The first-order chi connectivity index (χ1) is 10.0. The molecule has 2 rings (SSSR count). The van der Waals surface area contributed by atoms with Gasteiger partial charge in [0.05, 0.1) is 6.61 Å². The number of aromatic carboxylic acids is 1. The minimum Gasteiger partial charge on any atom is -0.494 e. The van der Waals surface area contributed by atoms with Gasteiger partial charge in [-0.2, -0.15) is 0 Å². The normalized spacial score (nSPS) is 10.2. The molecule has 0 radical (unpaired) electrons. The highest BCUT2D eigenvalue weighted by atomic mass is 32.1. The highest BCUT2D eigenvalue weighted by Crippen LogP contribution is 2.27. The van der Waals surface area contributed by atoms with Crippen molar-refractivity contribution in [2.24, 2.45) is 0 Å². The molecular formula is C14H14N2O4S. The molecule has 0 aliphatic carbocycles. The van der Waals surface area contributed by atoms with Crippen LogP contribution in [0.4, 0.5) is 10.8 Å². The number of nitrogens with zero attached hydrogens (tertiary/aromatic N) is 1. The summed E-state index contributed by atoms with van der Waals surface area (Å²) in [4.78, 5) is 26.5. The lowest BCUT2D eigenvalue weighted by atomic mass is 10.3. The number of carboxylic acid groups (broad SMARTS) is 1. The molecule has 7 heteroatoms. The van der Waals surface area contributed by atoms with Crippen LogP contribution in [0.25, 0.3) is 0 Å². The van der Waals surface area contributed by atoms with Gasteiger partial charge in [0.2, 0.25) is 0 Å². The van der Waals surface area contributed by atoms with Crippen molar-refractivity contribution in [1.82, 2.24) is 4.98 Å². The Morgan fingerprint density at radius 1 is 1.33 bits per heavy atom. The fourth-order valence-corrected chi connectivity index (χ4v) is 2.55. The monoisotopic (exact) mass is 306 g/mol. The maximum atomic E-state index is 11.4. The lowest BCUT2D eigenvalue weighted by molar-refractivity contribution is 0.0687. The zero-order chi connectivity index (χ0) is 15.4. The van der Waals surface area contributed by atoms with Gasteiger partial charge in [0.25, 0.3) is 0 Å². The number of carbonyl (C=O) groups is 2. The molecule has 110 valence electrons. The zero-order valence-corrected chi connectivity index (χ0v) is 12.4. The van der Waals surface area contributed by atoms with Crippen molar-refractivity contribution in [2.45, 2.75) is 13.8 Å². The van der Waals surface area contributed by atoms with Gasteiger partial charge in [-0.05, 0) is 31.2 Å². The minimum absolute atomic E-state index is 0.135. The molecule has 0 fully saturated rings. The molecular weight excluding hydrogens is 292 g/mol. The molecule has 6 nitrogen and oxygen atoms in total. The Labute approximate surface area is 125 Å². The van der Waals surface area contributed by atoms with Gasteiger partial charge in [0.15, 0.2) is 16.6 Å². The minimum atomic E-state index is -1.21. The zero-order valence-electron chi connectivity index (χ0n) is 11.5. The molecule has 0 amide bonds. The Morgan fingerprint density at radius 3 is 2.48 bits per heavy atom. The van der Waals surface area contributed by atoms with Gasteiger partial charge in [-0.25, -0.2) is 9.78 Å². The summed E-state index contributed by atoms with van der Waals surface area (Å²) in [6.07, 6.45) is 0. The first kappa shape index (κ1) is 15.0. The number of ether oxygens (including phenoxy) is 1. The first-order valence-electron chi connectivity index (χ1n) is 6.26. The van der Waals surface area contributed by atoms with Crippen LogP contribution in [0.1, 0.15) is 34.0 Å². The third-order valence-electron chi connectivity index (χ3n) is 2.57. The van der Waals surface area contributed by atoms with Gasteiger partial charge in [0, 0.05) is 12.6 Å². The van der Waals surface area contributed by atoms with E-state index in [0.717, 1.165) is 22.8 Å². The van der Waals surface area contributed by atoms with E-state index in [0.29, 0.717) is 11.7 Å².